The molecule has 0 aliphatic carbocycles. The molecule has 0 aliphatic heterocycles. The molecule has 21 heavy (non-hydrogen) atoms. The fourth-order valence-corrected chi connectivity index (χ4v) is 2.78. The first-order valence-electron chi connectivity index (χ1n) is 6.70. The number of oxazole rings is 1. The maximum Gasteiger partial charge on any atom is 0.180 e. The van der Waals surface area contributed by atoms with Crippen LogP contribution in [0.15, 0.2) is 41.3 Å². The summed E-state index contributed by atoms with van der Waals surface area (Å²) in [6, 6.07) is 7.42. The third kappa shape index (κ3) is 4.07. The summed E-state index contributed by atoms with van der Waals surface area (Å²) in [6.45, 7) is 5.69. The van der Waals surface area contributed by atoms with Crippen LogP contribution in [0.3, 0.4) is 0 Å². The minimum atomic E-state index is -3.18. The Morgan fingerprint density at radius 2 is 2.05 bits per heavy atom. The highest BCUT2D eigenvalue weighted by Crippen LogP contribution is 2.22. The topological polar surface area (TPSA) is 72.2 Å². The second-order valence-electron chi connectivity index (χ2n) is 5.91. The smallest absolute Gasteiger partial charge is 0.180 e. The number of hydrogen-bond donors (Lipinski definition) is 1. The van der Waals surface area contributed by atoms with Gasteiger partial charge >= 0.3 is 0 Å². The number of sulfone groups is 1. The van der Waals surface area contributed by atoms with Crippen molar-refractivity contribution in [1.82, 2.24) is 4.98 Å². The van der Waals surface area contributed by atoms with E-state index in [-0.39, 0.29) is 5.75 Å². The van der Waals surface area contributed by atoms with E-state index in [9.17, 15) is 8.42 Å². The zero-order valence-corrected chi connectivity index (χ0v) is 13.3. The number of nitrogens with zero attached hydrogens (tertiary/aromatic N) is 1. The van der Waals surface area contributed by atoms with Gasteiger partial charge in [-0.25, -0.2) is 13.4 Å². The van der Waals surface area contributed by atoms with Crippen molar-refractivity contribution in [3.8, 4) is 0 Å². The van der Waals surface area contributed by atoms with Gasteiger partial charge in [-0.15, -0.1) is 0 Å². The van der Waals surface area contributed by atoms with Gasteiger partial charge in [-0.2, -0.15) is 0 Å². The summed E-state index contributed by atoms with van der Waals surface area (Å²) in [5.74, 6) is 0.0377. The highest BCUT2D eigenvalue weighted by atomic mass is 32.2. The maximum absolute atomic E-state index is 12.2. The molecule has 0 unspecified atom stereocenters. The molecule has 6 heteroatoms. The lowest BCUT2D eigenvalue weighted by Crippen LogP contribution is -2.29. The molecule has 0 spiro atoms. The second kappa shape index (κ2) is 5.89. The Hall–Kier alpha value is -1.82. The lowest BCUT2D eigenvalue weighted by Gasteiger charge is -2.19. The molecule has 2 aromatic rings. The van der Waals surface area contributed by atoms with E-state index in [4.69, 9.17) is 4.42 Å². The molecule has 0 bridgehead atoms. The number of hydrogen-bond acceptors (Lipinski definition) is 5. The van der Waals surface area contributed by atoms with E-state index in [0.29, 0.717) is 6.54 Å². The van der Waals surface area contributed by atoms with Crippen LogP contribution in [0.4, 0.5) is 5.69 Å². The van der Waals surface area contributed by atoms with Crippen LogP contribution in [0.25, 0.3) is 0 Å². The van der Waals surface area contributed by atoms with Gasteiger partial charge in [0.15, 0.2) is 16.2 Å². The van der Waals surface area contributed by atoms with E-state index in [1.807, 2.05) is 24.3 Å². The highest BCUT2D eigenvalue weighted by Gasteiger charge is 2.28. The van der Waals surface area contributed by atoms with Crippen LogP contribution >= 0.6 is 0 Å². The molecule has 0 atom stereocenters. The molecule has 1 heterocycles. The minimum Gasteiger partial charge on any atom is -0.451 e. The number of rotatable bonds is 5. The average molecular weight is 308 g/mol. The van der Waals surface area contributed by atoms with E-state index in [0.717, 1.165) is 16.9 Å². The largest absolute Gasteiger partial charge is 0.451 e. The fraction of sp³-hybridized carbons (Fsp3) is 0.400. The van der Waals surface area contributed by atoms with Gasteiger partial charge in [0.2, 0.25) is 0 Å². The van der Waals surface area contributed by atoms with Crippen LogP contribution in [0, 0.1) is 0 Å². The Morgan fingerprint density at radius 3 is 2.67 bits per heavy atom. The van der Waals surface area contributed by atoms with Crippen molar-refractivity contribution >= 4 is 15.5 Å². The third-order valence-electron chi connectivity index (χ3n) is 3.17. The minimum absolute atomic E-state index is 0.0377. The monoisotopic (exact) mass is 308 g/mol. The predicted octanol–water partition coefficient (Wildman–Crippen LogP) is 3.00. The van der Waals surface area contributed by atoms with Crippen molar-refractivity contribution in [1.29, 1.82) is 0 Å². The van der Waals surface area contributed by atoms with E-state index < -0.39 is 14.6 Å². The Balaban J connectivity index is 2.08. The zero-order valence-electron chi connectivity index (χ0n) is 12.5. The van der Waals surface area contributed by atoms with E-state index in [1.165, 1.54) is 6.39 Å². The molecule has 1 aromatic heterocycles. The molecule has 1 N–H and O–H groups in total. The molecule has 0 saturated carbocycles. The van der Waals surface area contributed by atoms with Gasteiger partial charge in [-0.1, -0.05) is 12.1 Å². The van der Waals surface area contributed by atoms with Crippen molar-refractivity contribution in [3.63, 3.8) is 0 Å². The summed E-state index contributed by atoms with van der Waals surface area (Å²) in [5.41, 5.74) is 2.43. The summed E-state index contributed by atoms with van der Waals surface area (Å²) < 4.78 is 28.6. The molecular formula is C15H20N2O3S. The van der Waals surface area contributed by atoms with Gasteiger partial charge in [-0.05, 0) is 38.5 Å². The van der Waals surface area contributed by atoms with E-state index >= 15 is 0 Å². The Bertz CT molecular complexity index is 686. The van der Waals surface area contributed by atoms with Gasteiger partial charge in [0.25, 0.3) is 0 Å². The van der Waals surface area contributed by atoms with Crippen molar-refractivity contribution in [2.75, 3.05) is 5.32 Å². The number of benzene rings is 1. The average Bonchev–Trinajstić information content (AvgIpc) is 2.88. The number of nitrogens with one attached hydrogen (secondary N) is 1. The Kier molecular flexibility index (Phi) is 4.37. The summed E-state index contributed by atoms with van der Waals surface area (Å²) in [4.78, 5) is 4.02. The van der Waals surface area contributed by atoms with Crippen LogP contribution < -0.4 is 5.32 Å². The van der Waals surface area contributed by atoms with Crippen LogP contribution in [0.1, 0.15) is 32.0 Å². The summed E-state index contributed by atoms with van der Waals surface area (Å²) in [6.07, 6.45) is 2.95. The normalized spacial score (nSPS) is 12.3. The molecule has 114 valence electrons. The summed E-state index contributed by atoms with van der Waals surface area (Å²) in [5, 5.41) is 3.19. The molecule has 5 nitrogen and oxygen atoms in total. The number of anilines is 1. The zero-order chi connectivity index (χ0) is 15.5. The van der Waals surface area contributed by atoms with Gasteiger partial charge in [0, 0.05) is 5.69 Å². The first kappa shape index (κ1) is 15.6. The summed E-state index contributed by atoms with van der Waals surface area (Å²) in [7, 11) is -3.18. The third-order valence-corrected chi connectivity index (χ3v) is 5.75. The van der Waals surface area contributed by atoms with Crippen LogP contribution in [-0.4, -0.2) is 18.1 Å². The molecular weight excluding hydrogens is 288 g/mol. The van der Waals surface area contributed by atoms with Gasteiger partial charge in [0.05, 0.1) is 22.7 Å². The van der Waals surface area contributed by atoms with Gasteiger partial charge in [0.1, 0.15) is 6.26 Å². The molecule has 0 fully saturated rings. The van der Waals surface area contributed by atoms with Crippen LogP contribution in [0.2, 0.25) is 0 Å². The molecule has 2 rings (SSSR count). The van der Waals surface area contributed by atoms with Crippen molar-refractivity contribution in [3.05, 3.63) is 48.2 Å². The SMILES string of the molecule is CC(C)(C)S(=O)(=O)Cc1cccc(NCc2cocn2)c1. The van der Waals surface area contributed by atoms with Crippen molar-refractivity contribution in [2.45, 2.75) is 37.8 Å². The molecule has 0 radical (unpaired) electrons. The van der Waals surface area contributed by atoms with Gasteiger partial charge < -0.3 is 9.73 Å². The van der Waals surface area contributed by atoms with Gasteiger partial charge in [-0.3, -0.25) is 0 Å². The first-order chi connectivity index (χ1) is 9.78. The predicted molar refractivity (Wildman–Crippen MR) is 82.6 cm³/mol. The molecule has 1 aromatic carbocycles. The number of aromatic nitrogens is 1. The molecule has 0 saturated heterocycles. The highest BCUT2D eigenvalue weighted by molar-refractivity contribution is 7.91. The quantitative estimate of drug-likeness (QED) is 0.919. The van der Waals surface area contributed by atoms with Crippen molar-refractivity contribution < 1.29 is 12.8 Å². The second-order valence-corrected chi connectivity index (χ2v) is 8.65. The lowest BCUT2D eigenvalue weighted by atomic mass is 10.2. The molecule has 0 amide bonds. The van der Waals surface area contributed by atoms with E-state index in [2.05, 4.69) is 10.3 Å². The Labute approximate surface area is 125 Å². The first-order valence-corrected chi connectivity index (χ1v) is 8.35. The summed E-state index contributed by atoms with van der Waals surface area (Å²) >= 11 is 0. The van der Waals surface area contributed by atoms with Crippen LogP contribution in [0.5, 0.6) is 0 Å². The Morgan fingerprint density at radius 1 is 1.29 bits per heavy atom. The standard InChI is InChI=1S/C15H20N2O3S/c1-15(2,3)21(18,19)10-12-5-4-6-13(7-12)16-8-14-9-20-11-17-14/h4-7,9,11,16H,8,10H2,1-3H3. The van der Waals surface area contributed by atoms with Crippen molar-refractivity contribution in [2.24, 2.45) is 0 Å². The molecule has 0 aliphatic rings. The van der Waals surface area contributed by atoms with E-state index in [1.54, 1.807) is 27.0 Å². The fourth-order valence-electron chi connectivity index (χ4n) is 1.72. The van der Waals surface area contributed by atoms with Crippen LogP contribution in [-0.2, 0) is 22.1 Å². The lowest BCUT2D eigenvalue weighted by molar-refractivity contribution is 0.556. The maximum atomic E-state index is 12.2.